The van der Waals surface area contributed by atoms with E-state index in [-0.39, 0.29) is 6.04 Å². The third-order valence-corrected chi connectivity index (χ3v) is 2.72. The van der Waals surface area contributed by atoms with Gasteiger partial charge in [0.25, 0.3) is 0 Å². The Kier molecular flexibility index (Phi) is 3.83. The monoisotopic (exact) mass is 231 g/mol. The van der Waals surface area contributed by atoms with Crippen molar-refractivity contribution in [1.82, 2.24) is 0 Å². The number of furan rings is 1. The first-order valence-corrected chi connectivity index (χ1v) is 5.69. The smallest absolute Gasteiger partial charge is 0.122 e. The molecule has 0 bridgehead atoms. The SMILES string of the molecule is COc1ccccc1CC(N)Cc1ccco1. The predicted octanol–water partition coefficient (Wildman–Crippen LogP) is 2.40. The maximum absolute atomic E-state index is 6.10. The lowest BCUT2D eigenvalue weighted by molar-refractivity contribution is 0.406. The summed E-state index contributed by atoms with van der Waals surface area (Å²) in [5.41, 5.74) is 7.24. The summed E-state index contributed by atoms with van der Waals surface area (Å²) in [6.07, 6.45) is 3.20. The van der Waals surface area contributed by atoms with Crippen LogP contribution >= 0.6 is 0 Å². The molecule has 90 valence electrons. The van der Waals surface area contributed by atoms with Gasteiger partial charge in [0.2, 0.25) is 0 Å². The van der Waals surface area contributed by atoms with Gasteiger partial charge in [0.05, 0.1) is 13.4 Å². The van der Waals surface area contributed by atoms with Gasteiger partial charge in [-0.2, -0.15) is 0 Å². The second-order valence-corrected chi connectivity index (χ2v) is 4.06. The molecule has 17 heavy (non-hydrogen) atoms. The summed E-state index contributed by atoms with van der Waals surface area (Å²) >= 11 is 0. The maximum atomic E-state index is 6.10. The van der Waals surface area contributed by atoms with Gasteiger partial charge in [-0.05, 0) is 30.2 Å². The Hall–Kier alpha value is -1.74. The molecule has 0 radical (unpaired) electrons. The standard InChI is InChI=1S/C14H17NO2/c1-16-14-7-3-2-5-11(14)9-12(15)10-13-6-4-8-17-13/h2-8,12H,9-10,15H2,1H3. The minimum atomic E-state index is 0.0393. The molecule has 1 aromatic carbocycles. The molecule has 0 fully saturated rings. The molecule has 0 aliphatic carbocycles. The van der Waals surface area contributed by atoms with Crippen molar-refractivity contribution in [3.05, 3.63) is 54.0 Å². The molecule has 0 saturated carbocycles. The van der Waals surface area contributed by atoms with Crippen molar-refractivity contribution >= 4 is 0 Å². The minimum absolute atomic E-state index is 0.0393. The van der Waals surface area contributed by atoms with Crippen LogP contribution in [0.4, 0.5) is 0 Å². The second kappa shape index (κ2) is 5.55. The number of para-hydroxylation sites is 1. The van der Waals surface area contributed by atoms with E-state index >= 15 is 0 Å². The van der Waals surface area contributed by atoms with Gasteiger partial charge in [0, 0.05) is 12.5 Å². The van der Waals surface area contributed by atoms with E-state index in [4.69, 9.17) is 14.9 Å². The normalized spacial score (nSPS) is 12.4. The van der Waals surface area contributed by atoms with Crippen molar-refractivity contribution in [2.75, 3.05) is 7.11 Å². The van der Waals surface area contributed by atoms with E-state index in [0.717, 1.165) is 29.9 Å². The van der Waals surface area contributed by atoms with Crippen molar-refractivity contribution in [2.45, 2.75) is 18.9 Å². The first kappa shape index (κ1) is 11.7. The molecule has 3 heteroatoms. The third kappa shape index (κ3) is 3.11. The lowest BCUT2D eigenvalue weighted by Crippen LogP contribution is -2.25. The molecular weight excluding hydrogens is 214 g/mol. The van der Waals surface area contributed by atoms with Gasteiger partial charge >= 0.3 is 0 Å². The van der Waals surface area contributed by atoms with Gasteiger partial charge in [-0.15, -0.1) is 0 Å². The molecule has 1 heterocycles. The van der Waals surface area contributed by atoms with E-state index < -0.39 is 0 Å². The van der Waals surface area contributed by atoms with Crippen molar-refractivity contribution < 1.29 is 9.15 Å². The van der Waals surface area contributed by atoms with Crippen LogP contribution in [0.15, 0.2) is 47.1 Å². The second-order valence-electron chi connectivity index (χ2n) is 4.06. The van der Waals surface area contributed by atoms with E-state index in [0.29, 0.717) is 0 Å². The molecular formula is C14H17NO2. The first-order chi connectivity index (χ1) is 8.29. The van der Waals surface area contributed by atoms with Crippen LogP contribution in [0.1, 0.15) is 11.3 Å². The molecule has 0 aliphatic rings. The first-order valence-electron chi connectivity index (χ1n) is 5.69. The fourth-order valence-electron chi connectivity index (χ4n) is 1.91. The van der Waals surface area contributed by atoms with Crippen LogP contribution in [-0.2, 0) is 12.8 Å². The molecule has 0 aliphatic heterocycles. The van der Waals surface area contributed by atoms with Crippen LogP contribution in [-0.4, -0.2) is 13.2 Å². The quantitative estimate of drug-likeness (QED) is 0.859. The van der Waals surface area contributed by atoms with E-state index in [1.807, 2.05) is 36.4 Å². The number of hydrogen-bond acceptors (Lipinski definition) is 3. The molecule has 3 nitrogen and oxygen atoms in total. The molecule has 0 saturated heterocycles. The largest absolute Gasteiger partial charge is 0.496 e. The van der Waals surface area contributed by atoms with E-state index in [9.17, 15) is 0 Å². The third-order valence-electron chi connectivity index (χ3n) is 2.72. The van der Waals surface area contributed by atoms with Crippen molar-refractivity contribution in [3.8, 4) is 5.75 Å². The van der Waals surface area contributed by atoms with Gasteiger partial charge in [-0.1, -0.05) is 18.2 Å². The highest BCUT2D eigenvalue weighted by atomic mass is 16.5. The molecule has 2 aromatic rings. The van der Waals surface area contributed by atoms with Crippen molar-refractivity contribution in [1.29, 1.82) is 0 Å². The topological polar surface area (TPSA) is 48.4 Å². The Morgan fingerprint density at radius 2 is 2.00 bits per heavy atom. The van der Waals surface area contributed by atoms with Crippen LogP contribution in [0.25, 0.3) is 0 Å². The zero-order chi connectivity index (χ0) is 12.1. The van der Waals surface area contributed by atoms with Crippen molar-refractivity contribution in [2.24, 2.45) is 5.73 Å². The molecule has 1 unspecified atom stereocenters. The minimum Gasteiger partial charge on any atom is -0.496 e. The average Bonchev–Trinajstić information content (AvgIpc) is 2.82. The maximum Gasteiger partial charge on any atom is 0.122 e. The van der Waals surface area contributed by atoms with Gasteiger partial charge in [0.1, 0.15) is 11.5 Å². The van der Waals surface area contributed by atoms with Gasteiger partial charge < -0.3 is 14.9 Å². The number of hydrogen-bond donors (Lipinski definition) is 1. The number of methoxy groups -OCH3 is 1. The Morgan fingerprint density at radius 1 is 1.18 bits per heavy atom. The van der Waals surface area contributed by atoms with Gasteiger partial charge in [0.15, 0.2) is 0 Å². The number of benzene rings is 1. The number of ether oxygens (including phenoxy) is 1. The Labute approximate surface area is 101 Å². The Balaban J connectivity index is 2.00. The lowest BCUT2D eigenvalue weighted by atomic mass is 10.0. The van der Waals surface area contributed by atoms with Crippen molar-refractivity contribution in [3.63, 3.8) is 0 Å². The van der Waals surface area contributed by atoms with Crippen LogP contribution in [0.2, 0.25) is 0 Å². The summed E-state index contributed by atoms with van der Waals surface area (Å²) in [5.74, 6) is 1.81. The van der Waals surface area contributed by atoms with Gasteiger partial charge in [-0.25, -0.2) is 0 Å². The summed E-state index contributed by atoms with van der Waals surface area (Å²) in [7, 11) is 1.68. The number of nitrogens with two attached hydrogens (primary N) is 1. The predicted molar refractivity (Wildman–Crippen MR) is 67.1 cm³/mol. The van der Waals surface area contributed by atoms with E-state index in [1.165, 1.54) is 0 Å². The average molecular weight is 231 g/mol. The molecule has 2 N–H and O–H groups in total. The Bertz CT molecular complexity index is 451. The zero-order valence-corrected chi connectivity index (χ0v) is 9.93. The highest BCUT2D eigenvalue weighted by molar-refractivity contribution is 5.33. The molecule has 1 aromatic heterocycles. The highest BCUT2D eigenvalue weighted by Crippen LogP contribution is 2.19. The zero-order valence-electron chi connectivity index (χ0n) is 9.93. The van der Waals surface area contributed by atoms with E-state index in [1.54, 1.807) is 13.4 Å². The fourth-order valence-corrected chi connectivity index (χ4v) is 1.91. The van der Waals surface area contributed by atoms with Crippen LogP contribution in [0.3, 0.4) is 0 Å². The summed E-state index contributed by atoms with van der Waals surface area (Å²) in [4.78, 5) is 0. The lowest BCUT2D eigenvalue weighted by Gasteiger charge is -2.13. The van der Waals surface area contributed by atoms with Crippen LogP contribution < -0.4 is 10.5 Å². The highest BCUT2D eigenvalue weighted by Gasteiger charge is 2.10. The molecule has 0 spiro atoms. The molecule has 0 amide bonds. The summed E-state index contributed by atoms with van der Waals surface area (Å²) in [6.45, 7) is 0. The van der Waals surface area contributed by atoms with Gasteiger partial charge in [-0.3, -0.25) is 0 Å². The summed E-state index contributed by atoms with van der Waals surface area (Å²) < 4.78 is 10.6. The molecule has 1 atom stereocenters. The van der Waals surface area contributed by atoms with Crippen LogP contribution in [0, 0.1) is 0 Å². The summed E-state index contributed by atoms with van der Waals surface area (Å²) in [5, 5.41) is 0. The van der Waals surface area contributed by atoms with Crippen LogP contribution in [0.5, 0.6) is 5.75 Å². The Morgan fingerprint density at radius 3 is 2.71 bits per heavy atom. The number of rotatable bonds is 5. The summed E-state index contributed by atoms with van der Waals surface area (Å²) in [6, 6.07) is 11.8. The van der Waals surface area contributed by atoms with E-state index in [2.05, 4.69) is 0 Å². The molecule has 2 rings (SSSR count). The fraction of sp³-hybridized carbons (Fsp3) is 0.286.